The monoisotopic (exact) mass is 407 g/mol. The summed E-state index contributed by atoms with van der Waals surface area (Å²) in [5, 5.41) is 1.86. The lowest BCUT2D eigenvalue weighted by atomic mass is 10.3. The summed E-state index contributed by atoms with van der Waals surface area (Å²) in [6.07, 6.45) is 2.63. The summed E-state index contributed by atoms with van der Waals surface area (Å²) in [6.45, 7) is 2.44. The summed E-state index contributed by atoms with van der Waals surface area (Å²) in [4.78, 5) is 29.9. The first-order valence-electron chi connectivity index (χ1n) is 9.25. The fraction of sp³-hybridized carbons (Fsp3) is 0.500. The number of hydrogen-bond donors (Lipinski definition) is 0. The Hall–Kier alpha value is -2.16. The molecule has 0 spiro atoms. The van der Waals surface area contributed by atoms with Gasteiger partial charge in [0, 0.05) is 52.9 Å². The van der Waals surface area contributed by atoms with Gasteiger partial charge in [0.05, 0.1) is 18.0 Å². The van der Waals surface area contributed by atoms with E-state index in [2.05, 4.69) is 0 Å². The highest BCUT2D eigenvalue weighted by atomic mass is 32.1. The second kappa shape index (κ2) is 11.6. The van der Waals surface area contributed by atoms with E-state index in [4.69, 9.17) is 9.47 Å². The van der Waals surface area contributed by atoms with E-state index in [1.54, 1.807) is 30.1 Å². The number of aryl methyl sites for hydroxylation is 1. The third-order valence-electron chi connectivity index (χ3n) is 4.44. The minimum Gasteiger partial charge on any atom is -0.385 e. The average Bonchev–Trinajstić information content (AvgIpc) is 3.36. The molecular formula is C20H29N3O4S. The van der Waals surface area contributed by atoms with Gasteiger partial charge in [-0.25, -0.2) is 0 Å². The Bertz CT molecular complexity index is 730. The largest absolute Gasteiger partial charge is 0.385 e. The Morgan fingerprint density at radius 2 is 1.86 bits per heavy atom. The van der Waals surface area contributed by atoms with E-state index in [-0.39, 0.29) is 18.4 Å². The van der Waals surface area contributed by atoms with Gasteiger partial charge in [-0.3, -0.25) is 9.59 Å². The van der Waals surface area contributed by atoms with Crippen LogP contribution in [-0.2, 0) is 27.9 Å². The Morgan fingerprint density at radius 1 is 1.07 bits per heavy atom. The molecule has 7 nitrogen and oxygen atoms in total. The topological polar surface area (TPSA) is 64.0 Å². The second-order valence-corrected chi connectivity index (χ2v) is 7.42. The smallest absolute Gasteiger partial charge is 0.264 e. The van der Waals surface area contributed by atoms with Gasteiger partial charge in [0.2, 0.25) is 5.91 Å². The molecule has 154 valence electrons. The van der Waals surface area contributed by atoms with Crippen LogP contribution in [0.1, 0.15) is 21.8 Å². The predicted molar refractivity (Wildman–Crippen MR) is 109 cm³/mol. The molecule has 0 N–H and O–H groups in total. The molecule has 0 aliphatic rings. The van der Waals surface area contributed by atoms with Crippen LogP contribution in [0, 0.1) is 0 Å². The number of nitrogens with zero attached hydrogens (tertiary/aromatic N) is 3. The highest BCUT2D eigenvalue weighted by Gasteiger charge is 2.23. The van der Waals surface area contributed by atoms with Crippen molar-refractivity contribution in [1.29, 1.82) is 0 Å². The van der Waals surface area contributed by atoms with Crippen molar-refractivity contribution < 1.29 is 19.1 Å². The zero-order chi connectivity index (χ0) is 20.4. The predicted octanol–water partition coefficient (Wildman–Crippen LogP) is 2.24. The number of rotatable bonds is 12. The van der Waals surface area contributed by atoms with Crippen molar-refractivity contribution in [3.05, 3.63) is 46.4 Å². The van der Waals surface area contributed by atoms with Crippen LogP contribution >= 0.6 is 11.3 Å². The highest BCUT2D eigenvalue weighted by molar-refractivity contribution is 7.12. The molecule has 2 amide bonds. The zero-order valence-corrected chi connectivity index (χ0v) is 17.6. The van der Waals surface area contributed by atoms with Crippen molar-refractivity contribution in [1.82, 2.24) is 14.4 Å². The maximum absolute atomic E-state index is 13.0. The molecule has 0 fully saturated rings. The number of aromatic nitrogens is 1. The lowest BCUT2D eigenvalue weighted by Crippen LogP contribution is -2.44. The van der Waals surface area contributed by atoms with Crippen LogP contribution in [0.3, 0.4) is 0 Å². The molecular weight excluding hydrogens is 378 g/mol. The molecule has 0 aliphatic heterocycles. The van der Waals surface area contributed by atoms with Gasteiger partial charge in [-0.05, 0) is 30.0 Å². The van der Waals surface area contributed by atoms with Crippen LogP contribution in [0.15, 0.2) is 35.8 Å². The molecule has 0 bridgehead atoms. The third-order valence-corrected chi connectivity index (χ3v) is 5.30. The van der Waals surface area contributed by atoms with Crippen LogP contribution in [-0.4, -0.2) is 73.2 Å². The second-order valence-electron chi connectivity index (χ2n) is 6.47. The van der Waals surface area contributed by atoms with Gasteiger partial charge < -0.3 is 23.8 Å². The fourth-order valence-corrected chi connectivity index (χ4v) is 3.51. The normalized spacial score (nSPS) is 10.8. The standard InChI is InChI=1S/C20H29N3O4S/c1-21-9-4-7-17(21)15-22(11-13-27-3)19(24)16-23(10-6-12-26-2)20(25)18-8-5-14-28-18/h4-5,7-9,14H,6,10-13,15-16H2,1-3H3. The molecule has 0 aliphatic carbocycles. The molecule has 0 unspecified atom stereocenters. The maximum Gasteiger partial charge on any atom is 0.264 e. The van der Waals surface area contributed by atoms with Gasteiger partial charge in [-0.15, -0.1) is 11.3 Å². The molecule has 0 saturated heterocycles. The van der Waals surface area contributed by atoms with E-state index in [9.17, 15) is 9.59 Å². The van der Waals surface area contributed by atoms with E-state index in [0.717, 1.165) is 5.69 Å². The van der Waals surface area contributed by atoms with Crippen molar-refractivity contribution in [3.8, 4) is 0 Å². The quantitative estimate of drug-likeness (QED) is 0.506. The number of ether oxygens (including phenoxy) is 2. The minimum atomic E-state index is -0.120. The first kappa shape index (κ1) is 22.1. The number of thiophene rings is 1. The van der Waals surface area contributed by atoms with E-state index in [0.29, 0.717) is 44.1 Å². The molecule has 8 heteroatoms. The van der Waals surface area contributed by atoms with Gasteiger partial charge in [0.1, 0.15) is 6.54 Å². The molecule has 0 saturated carbocycles. The number of carbonyl (C=O) groups excluding carboxylic acids is 2. The number of amides is 2. The lowest BCUT2D eigenvalue weighted by molar-refractivity contribution is -0.133. The summed E-state index contributed by atoms with van der Waals surface area (Å²) in [5.74, 6) is -0.217. The van der Waals surface area contributed by atoms with Gasteiger partial charge in [-0.1, -0.05) is 6.07 Å². The molecule has 0 aromatic carbocycles. The van der Waals surface area contributed by atoms with Crippen LogP contribution in [0.25, 0.3) is 0 Å². The summed E-state index contributed by atoms with van der Waals surface area (Å²) < 4.78 is 12.3. The Labute approximate surface area is 170 Å². The molecule has 2 heterocycles. The van der Waals surface area contributed by atoms with Crippen molar-refractivity contribution in [3.63, 3.8) is 0 Å². The van der Waals surface area contributed by atoms with Gasteiger partial charge in [-0.2, -0.15) is 0 Å². The van der Waals surface area contributed by atoms with Gasteiger partial charge >= 0.3 is 0 Å². The Morgan fingerprint density at radius 3 is 2.46 bits per heavy atom. The summed E-state index contributed by atoms with van der Waals surface area (Å²) >= 11 is 1.38. The van der Waals surface area contributed by atoms with Crippen molar-refractivity contribution >= 4 is 23.2 Å². The first-order valence-corrected chi connectivity index (χ1v) is 10.1. The van der Waals surface area contributed by atoms with Crippen LogP contribution in [0.2, 0.25) is 0 Å². The highest BCUT2D eigenvalue weighted by Crippen LogP contribution is 2.13. The summed E-state index contributed by atoms with van der Waals surface area (Å²) in [7, 11) is 5.19. The number of carbonyl (C=O) groups is 2. The maximum atomic E-state index is 13.0. The summed E-state index contributed by atoms with van der Waals surface area (Å²) in [6, 6.07) is 7.56. The zero-order valence-electron chi connectivity index (χ0n) is 16.8. The van der Waals surface area contributed by atoms with Crippen molar-refractivity contribution in [2.45, 2.75) is 13.0 Å². The van der Waals surface area contributed by atoms with Gasteiger partial charge in [0.15, 0.2) is 0 Å². The fourth-order valence-electron chi connectivity index (χ4n) is 2.82. The Kier molecular flexibility index (Phi) is 9.19. The lowest BCUT2D eigenvalue weighted by Gasteiger charge is -2.27. The van der Waals surface area contributed by atoms with Gasteiger partial charge in [0.25, 0.3) is 5.91 Å². The Balaban J connectivity index is 2.09. The molecule has 2 aromatic heterocycles. The van der Waals surface area contributed by atoms with E-state index >= 15 is 0 Å². The summed E-state index contributed by atoms with van der Waals surface area (Å²) in [5.41, 5.74) is 1.03. The minimum absolute atomic E-state index is 0.0363. The number of hydrogen-bond acceptors (Lipinski definition) is 5. The van der Waals surface area contributed by atoms with Crippen molar-refractivity contribution in [2.75, 3.05) is 47.1 Å². The number of methoxy groups -OCH3 is 2. The molecule has 0 atom stereocenters. The van der Waals surface area contributed by atoms with E-state index < -0.39 is 0 Å². The van der Waals surface area contributed by atoms with E-state index in [1.807, 2.05) is 41.4 Å². The first-order chi connectivity index (χ1) is 13.6. The molecule has 2 rings (SSSR count). The SMILES string of the molecule is COCCCN(CC(=O)N(CCOC)Cc1cccn1C)C(=O)c1cccs1. The van der Waals surface area contributed by atoms with Crippen molar-refractivity contribution in [2.24, 2.45) is 7.05 Å². The van der Waals surface area contributed by atoms with Crippen LogP contribution in [0.4, 0.5) is 0 Å². The molecule has 0 radical (unpaired) electrons. The van der Waals surface area contributed by atoms with Crippen LogP contribution < -0.4 is 0 Å². The molecule has 28 heavy (non-hydrogen) atoms. The molecule has 2 aromatic rings. The average molecular weight is 408 g/mol. The van der Waals surface area contributed by atoms with Crippen LogP contribution in [0.5, 0.6) is 0 Å². The van der Waals surface area contributed by atoms with E-state index in [1.165, 1.54) is 11.3 Å². The third kappa shape index (κ3) is 6.47.